The van der Waals surface area contributed by atoms with Gasteiger partial charge in [-0.2, -0.15) is 0 Å². The van der Waals surface area contributed by atoms with Gasteiger partial charge in [-0.25, -0.2) is 0 Å². The fourth-order valence-electron chi connectivity index (χ4n) is 6.43. The van der Waals surface area contributed by atoms with Crippen LogP contribution in [0.15, 0.2) is 25.3 Å². The van der Waals surface area contributed by atoms with Gasteiger partial charge in [0.15, 0.2) is 0 Å². The van der Waals surface area contributed by atoms with E-state index >= 15 is 0 Å². The van der Waals surface area contributed by atoms with Crippen LogP contribution in [0.3, 0.4) is 0 Å². The first kappa shape index (κ1) is 29.6. The number of amides is 2. The molecule has 4 fully saturated rings. The van der Waals surface area contributed by atoms with Gasteiger partial charge in [-0.3, -0.25) is 19.3 Å². The van der Waals surface area contributed by atoms with Crippen LogP contribution in [-0.4, -0.2) is 124 Å². The molecule has 38 heavy (non-hydrogen) atoms. The number of rotatable bonds is 14. The maximum absolute atomic E-state index is 14.4. The predicted octanol–water partition coefficient (Wildman–Crippen LogP) is 1.69. The van der Waals surface area contributed by atoms with Crippen LogP contribution >= 0.6 is 27.7 Å². The first-order chi connectivity index (χ1) is 18.4. The maximum Gasteiger partial charge on any atom is 0.311 e. The summed E-state index contributed by atoms with van der Waals surface area (Å²) in [6.45, 7) is 12.8. The SMILES string of the molecule is C=CCOC(=O)[C@H]1[C@H]2C(=O)N(CCCCCO)C(C(=O)N(CC=C)CCN3CCOCC3)C23CC(Br)[C@@H]1S3. The third-order valence-corrected chi connectivity index (χ3v) is 11.4. The van der Waals surface area contributed by atoms with Crippen molar-refractivity contribution >= 4 is 45.5 Å². The van der Waals surface area contributed by atoms with Crippen molar-refractivity contribution in [2.75, 3.05) is 65.7 Å². The van der Waals surface area contributed by atoms with Crippen LogP contribution in [0.5, 0.6) is 0 Å². The molecule has 2 bridgehead atoms. The van der Waals surface area contributed by atoms with Gasteiger partial charge >= 0.3 is 5.97 Å². The second kappa shape index (κ2) is 13.3. The second-order valence-electron chi connectivity index (χ2n) is 10.4. The van der Waals surface area contributed by atoms with Crippen LogP contribution in [0.2, 0.25) is 0 Å². The molecule has 0 aromatic heterocycles. The van der Waals surface area contributed by atoms with Crippen LogP contribution in [0.1, 0.15) is 25.7 Å². The lowest BCUT2D eigenvalue weighted by molar-refractivity contribution is -0.153. The van der Waals surface area contributed by atoms with Gasteiger partial charge in [0.25, 0.3) is 0 Å². The molecule has 4 heterocycles. The molecule has 4 saturated heterocycles. The molecule has 1 spiro atoms. The Morgan fingerprint density at radius 3 is 2.66 bits per heavy atom. The number of aliphatic hydroxyl groups is 1. The van der Waals surface area contributed by atoms with Crippen molar-refractivity contribution in [1.82, 2.24) is 14.7 Å². The van der Waals surface area contributed by atoms with Gasteiger partial charge in [0.2, 0.25) is 11.8 Å². The van der Waals surface area contributed by atoms with Crippen LogP contribution in [0.25, 0.3) is 0 Å². The van der Waals surface area contributed by atoms with Gasteiger partial charge in [0.1, 0.15) is 12.6 Å². The number of ether oxygens (including phenoxy) is 2. The summed E-state index contributed by atoms with van der Waals surface area (Å²) in [5.74, 6) is -1.81. The van der Waals surface area contributed by atoms with Gasteiger partial charge < -0.3 is 24.4 Å². The molecule has 0 aromatic rings. The maximum atomic E-state index is 14.4. The molecule has 212 valence electrons. The number of hydrogen-bond acceptors (Lipinski definition) is 8. The number of unbranched alkanes of at least 4 members (excludes halogenated alkanes) is 2. The first-order valence-electron chi connectivity index (χ1n) is 13.6. The summed E-state index contributed by atoms with van der Waals surface area (Å²) in [6.07, 6.45) is 5.99. The number of alkyl halides is 1. The van der Waals surface area contributed by atoms with Crippen LogP contribution in [0.4, 0.5) is 0 Å². The summed E-state index contributed by atoms with van der Waals surface area (Å²) in [5, 5.41) is 9.10. The Morgan fingerprint density at radius 1 is 1.21 bits per heavy atom. The Balaban J connectivity index is 1.62. The minimum absolute atomic E-state index is 0.00340. The summed E-state index contributed by atoms with van der Waals surface area (Å²) in [7, 11) is 0. The number of fused-ring (bicyclic) bond motifs is 1. The van der Waals surface area contributed by atoms with Crippen LogP contribution in [0, 0.1) is 11.8 Å². The van der Waals surface area contributed by atoms with Crippen molar-refractivity contribution < 1.29 is 29.0 Å². The molecule has 0 radical (unpaired) electrons. The molecule has 4 aliphatic rings. The number of hydrogen-bond donors (Lipinski definition) is 1. The van der Waals surface area contributed by atoms with Crippen molar-refractivity contribution in [3.05, 3.63) is 25.3 Å². The Labute approximate surface area is 238 Å². The van der Waals surface area contributed by atoms with Crippen LogP contribution < -0.4 is 0 Å². The smallest absolute Gasteiger partial charge is 0.311 e. The number of likely N-dealkylation sites (tertiary alicyclic amines) is 1. The fourth-order valence-corrected chi connectivity index (χ4v) is 10.0. The average molecular weight is 615 g/mol. The Bertz CT molecular complexity index is 902. The number of carbonyl (C=O) groups is 3. The highest BCUT2D eigenvalue weighted by atomic mass is 79.9. The highest BCUT2D eigenvalue weighted by Gasteiger charge is 2.76. The molecule has 1 N–H and O–H groups in total. The Hall–Kier alpha value is -1.40. The Morgan fingerprint density at radius 2 is 1.97 bits per heavy atom. The van der Waals surface area contributed by atoms with Crippen molar-refractivity contribution in [1.29, 1.82) is 0 Å². The molecule has 4 aliphatic heterocycles. The zero-order valence-electron chi connectivity index (χ0n) is 22.0. The number of carbonyl (C=O) groups excluding carboxylic acids is 3. The van der Waals surface area contributed by atoms with Gasteiger partial charge in [0, 0.05) is 56.0 Å². The lowest BCUT2D eigenvalue weighted by atomic mass is 9.71. The van der Waals surface area contributed by atoms with E-state index in [4.69, 9.17) is 9.47 Å². The number of aliphatic hydroxyl groups excluding tert-OH is 1. The number of esters is 1. The molecule has 0 aliphatic carbocycles. The monoisotopic (exact) mass is 613 g/mol. The van der Waals surface area contributed by atoms with E-state index in [-0.39, 0.29) is 35.1 Å². The van der Waals surface area contributed by atoms with Gasteiger partial charge in [-0.05, 0) is 25.7 Å². The molecule has 0 aromatic carbocycles. The van der Waals surface area contributed by atoms with E-state index in [0.29, 0.717) is 52.1 Å². The summed E-state index contributed by atoms with van der Waals surface area (Å²) in [6, 6.07) is -0.661. The van der Waals surface area contributed by atoms with E-state index in [1.807, 2.05) is 4.90 Å². The largest absolute Gasteiger partial charge is 0.461 e. The first-order valence-corrected chi connectivity index (χ1v) is 15.4. The highest BCUT2D eigenvalue weighted by molar-refractivity contribution is 9.09. The zero-order valence-corrected chi connectivity index (χ0v) is 24.4. The molecule has 0 saturated carbocycles. The Kier molecular flexibility index (Phi) is 10.4. The third kappa shape index (κ3) is 5.73. The molecule has 4 rings (SSSR count). The topological polar surface area (TPSA) is 99.6 Å². The normalized spacial score (nSPS) is 32.3. The third-order valence-electron chi connectivity index (χ3n) is 8.15. The molecule has 2 amide bonds. The van der Waals surface area contributed by atoms with Crippen molar-refractivity contribution in [2.45, 2.75) is 46.5 Å². The molecular formula is C27H40BrN3O6S. The highest BCUT2D eigenvalue weighted by Crippen LogP contribution is 2.68. The van der Waals surface area contributed by atoms with Crippen molar-refractivity contribution in [2.24, 2.45) is 11.8 Å². The quantitative estimate of drug-likeness (QED) is 0.137. The summed E-state index contributed by atoms with van der Waals surface area (Å²) in [4.78, 5) is 47.5. The summed E-state index contributed by atoms with van der Waals surface area (Å²) < 4.78 is 10.2. The molecule has 6 atom stereocenters. The summed E-state index contributed by atoms with van der Waals surface area (Å²) >= 11 is 5.40. The van der Waals surface area contributed by atoms with Crippen LogP contribution in [-0.2, 0) is 23.9 Å². The predicted molar refractivity (Wildman–Crippen MR) is 150 cm³/mol. The van der Waals surface area contributed by atoms with E-state index in [2.05, 4.69) is 34.0 Å². The molecule has 3 unspecified atom stereocenters. The minimum Gasteiger partial charge on any atom is -0.461 e. The zero-order chi connectivity index (χ0) is 27.3. The number of thioether (sulfide) groups is 1. The van der Waals surface area contributed by atoms with Gasteiger partial charge in [-0.1, -0.05) is 34.7 Å². The number of halogens is 1. The molecule has 9 nitrogen and oxygen atoms in total. The number of morpholine rings is 1. The number of nitrogens with zero attached hydrogens (tertiary/aromatic N) is 3. The van der Waals surface area contributed by atoms with Gasteiger partial charge in [-0.15, -0.1) is 18.3 Å². The minimum atomic E-state index is -0.694. The summed E-state index contributed by atoms with van der Waals surface area (Å²) in [5.41, 5.74) is 0. The van der Waals surface area contributed by atoms with E-state index < -0.39 is 28.6 Å². The standard InChI is InChI=1S/C27H40BrN3O6S/c1-3-8-30(11-10-29-12-16-36-17-13-29)25(34)23-27-18-19(28)22(38-27)20(26(35)37-15-4-2)21(27)24(33)31(23)9-6-5-7-14-32/h3-4,19-23,32H,1-2,5-18H2/t19?,20-,21-,22-,23?,27?/m0/s1. The van der Waals surface area contributed by atoms with E-state index in [1.54, 1.807) is 22.7 Å². The van der Waals surface area contributed by atoms with E-state index in [9.17, 15) is 19.5 Å². The second-order valence-corrected chi connectivity index (χ2v) is 13.1. The lowest BCUT2D eigenvalue weighted by Crippen LogP contribution is -2.56. The van der Waals surface area contributed by atoms with E-state index in [0.717, 1.165) is 26.1 Å². The lowest BCUT2D eigenvalue weighted by Gasteiger charge is -2.38. The van der Waals surface area contributed by atoms with E-state index in [1.165, 1.54) is 6.08 Å². The van der Waals surface area contributed by atoms with Crippen molar-refractivity contribution in [3.63, 3.8) is 0 Å². The average Bonchev–Trinajstić information content (AvgIpc) is 3.51. The van der Waals surface area contributed by atoms with Gasteiger partial charge in [0.05, 0.1) is 29.8 Å². The fraction of sp³-hybridized carbons (Fsp3) is 0.741. The molecule has 11 heteroatoms. The molecular weight excluding hydrogens is 574 g/mol. The van der Waals surface area contributed by atoms with Crippen molar-refractivity contribution in [3.8, 4) is 0 Å².